The first-order valence-corrected chi connectivity index (χ1v) is 10.9. The standard InChI is InChI=1S/C23H26FN7O/c1-13-22-25-21(27-26-13)20-14(2)30(4)28-18(20)12-29(3)23(32)16-9-8-15(24)11-17(16)19-7-5-6-10-31(19)22/h8-9,11,19H,5-7,10,12H2,1-4H3/t19-/m1/s1. The molecule has 2 aliphatic heterocycles. The van der Waals surface area contributed by atoms with Crippen LogP contribution in [-0.4, -0.2) is 49.4 Å². The number of hydrogen-bond acceptors (Lipinski definition) is 6. The van der Waals surface area contributed by atoms with Crippen LogP contribution in [0.25, 0.3) is 11.4 Å². The summed E-state index contributed by atoms with van der Waals surface area (Å²) >= 11 is 0. The van der Waals surface area contributed by atoms with Gasteiger partial charge in [-0.05, 0) is 56.9 Å². The summed E-state index contributed by atoms with van der Waals surface area (Å²) in [6.07, 6.45) is 2.80. The zero-order valence-electron chi connectivity index (χ0n) is 18.8. The molecule has 1 atom stereocenters. The van der Waals surface area contributed by atoms with Gasteiger partial charge in [-0.1, -0.05) is 0 Å². The Balaban J connectivity index is 1.80. The molecule has 1 amide bonds. The number of halogens is 1. The van der Waals surface area contributed by atoms with Crippen LogP contribution in [0.4, 0.5) is 10.2 Å². The maximum Gasteiger partial charge on any atom is 0.254 e. The maximum atomic E-state index is 14.4. The third-order valence-electron chi connectivity index (χ3n) is 6.57. The quantitative estimate of drug-likeness (QED) is 0.539. The van der Waals surface area contributed by atoms with Crippen molar-refractivity contribution in [1.82, 2.24) is 29.9 Å². The summed E-state index contributed by atoms with van der Waals surface area (Å²) in [5.74, 6) is 0.722. The zero-order chi connectivity index (χ0) is 22.6. The van der Waals surface area contributed by atoms with Crippen LogP contribution >= 0.6 is 0 Å². The molecule has 0 spiro atoms. The number of rotatable bonds is 0. The highest BCUT2D eigenvalue weighted by Gasteiger charge is 2.33. The lowest BCUT2D eigenvalue weighted by Gasteiger charge is -2.38. The lowest BCUT2D eigenvalue weighted by atomic mass is 9.91. The van der Waals surface area contributed by atoms with Crippen LogP contribution in [0, 0.1) is 19.7 Å². The van der Waals surface area contributed by atoms with E-state index in [9.17, 15) is 9.18 Å². The summed E-state index contributed by atoms with van der Waals surface area (Å²) in [6.45, 7) is 4.89. The van der Waals surface area contributed by atoms with Crippen molar-refractivity contribution in [2.45, 2.75) is 45.7 Å². The van der Waals surface area contributed by atoms with E-state index < -0.39 is 0 Å². The Morgan fingerprint density at radius 3 is 2.75 bits per heavy atom. The Morgan fingerprint density at radius 1 is 1.12 bits per heavy atom. The van der Waals surface area contributed by atoms with Gasteiger partial charge in [0.15, 0.2) is 11.6 Å². The largest absolute Gasteiger partial charge is 0.348 e. The molecule has 9 heteroatoms. The Bertz CT molecular complexity index is 1220. The van der Waals surface area contributed by atoms with Gasteiger partial charge in [0.05, 0.1) is 23.8 Å². The van der Waals surface area contributed by atoms with Gasteiger partial charge in [-0.25, -0.2) is 9.37 Å². The van der Waals surface area contributed by atoms with Gasteiger partial charge in [-0.3, -0.25) is 9.48 Å². The van der Waals surface area contributed by atoms with E-state index in [1.807, 2.05) is 20.9 Å². The van der Waals surface area contributed by atoms with Crippen LogP contribution < -0.4 is 4.90 Å². The van der Waals surface area contributed by atoms with Crippen LogP contribution in [0.15, 0.2) is 18.2 Å². The Hall–Kier alpha value is -3.36. The van der Waals surface area contributed by atoms with E-state index in [1.54, 1.807) is 22.7 Å². The molecule has 32 heavy (non-hydrogen) atoms. The number of amides is 1. The summed E-state index contributed by atoms with van der Waals surface area (Å²) in [7, 11) is 3.61. The molecule has 166 valence electrons. The van der Waals surface area contributed by atoms with Crippen LogP contribution in [0.3, 0.4) is 0 Å². The molecule has 0 unspecified atom stereocenters. The summed E-state index contributed by atoms with van der Waals surface area (Å²) in [4.78, 5) is 22.3. The van der Waals surface area contributed by atoms with E-state index in [4.69, 9.17) is 4.98 Å². The average Bonchev–Trinajstić information content (AvgIpc) is 3.06. The SMILES string of the molecule is Cc1nnc2nc1N1CCCC[C@@H]1c1cc(F)ccc1C(=O)N(C)Cc1nn(C)c(C)c1-2. The minimum atomic E-state index is -0.349. The molecule has 1 fully saturated rings. The van der Waals surface area contributed by atoms with E-state index in [1.165, 1.54) is 12.1 Å². The van der Waals surface area contributed by atoms with E-state index in [2.05, 4.69) is 20.2 Å². The van der Waals surface area contributed by atoms with Gasteiger partial charge >= 0.3 is 0 Å². The second kappa shape index (κ2) is 7.65. The smallest absolute Gasteiger partial charge is 0.254 e. The van der Waals surface area contributed by atoms with Crippen molar-refractivity contribution >= 4 is 11.7 Å². The highest BCUT2D eigenvalue weighted by Crippen LogP contribution is 2.38. The molecule has 0 aliphatic carbocycles. The van der Waals surface area contributed by atoms with Crippen molar-refractivity contribution in [3.8, 4) is 11.4 Å². The van der Waals surface area contributed by atoms with E-state index in [0.29, 0.717) is 28.3 Å². The van der Waals surface area contributed by atoms with E-state index in [0.717, 1.165) is 42.9 Å². The molecule has 2 aliphatic rings. The second-order valence-corrected chi connectivity index (χ2v) is 8.67. The summed E-state index contributed by atoms with van der Waals surface area (Å²) in [6, 6.07) is 4.29. The van der Waals surface area contributed by atoms with E-state index in [-0.39, 0.29) is 24.3 Å². The molecule has 2 bridgehead atoms. The van der Waals surface area contributed by atoms with Gasteiger partial charge in [0, 0.05) is 31.9 Å². The van der Waals surface area contributed by atoms with Crippen molar-refractivity contribution < 1.29 is 9.18 Å². The number of hydrogen-bond donors (Lipinski definition) is 0. The molecule has 0 radical (unpaired) electrons. The first-order chi connectivity index (χ1) is 15.3. The minimum Gasteiger partial charge on any atom is -0.348 e. The molecule has 0 N–H and O–H groups in total. The van der Waals surface area contributed by atoms with Crippen LogP contribution in [0.2, 0.25) is 0 Å². The number of fused-ring (bicyclic) bond motifs is 8. The number of carbonyl (C=O) groups excluding carboxylic acids is 1. The molecule has 0 saturated carbocycles. The van der Waals surface area contributed by atoms with Gasteiger partial charge in [-0.15, -0.1) is 10.2 Å². The normalized spacial score (nSPS) is 18.4. The predicted molar refractivity (Wildman–Crippen MR) is 118 cm³/mol. The third-order valence-corrected chi connectivity index (χ3v) is 6.57. The number of benzene rings is 1. The highest BCUT2D eigenvalue weighted by atomic mass is 19.1. The maximum absolute atomic E-state index is 14.4. The number of aryl methyl sites for hydroxylation is 2. The Morgan fingerprint density at radius 2 is 1.94 bits per heavy atom. The topological polar surface area (TPSA) is 80.0 Å². The number of piperidine rings is 1. The first-order valence-electron chi connectivity index (χ1n) is 10.9. The zero-order valence-corrected chi connectivity index (χ0v) is 18.8. The monoisotopic (exact) mass is 435 g/mol. The van der Waals surface area contributed by atoms with E-state index >= 15 is 0 Å². The summed E-state index contributed by atoms with van der Waals surface area (Å²) in [5, 5.41) is 13.5. The van der Waals surface area contributed by atoms with Crippen LogP contribution in [0.5, 0.6) is 0 Å². The fraction of sp³-hybridized carbons (Fsp3) is 0.435. The van der Waals surface area contributed by atoms with Gasteiger partial charge in [0.1, 0.15) is 11.5 Å². The number of carbonyl (C=O) groups is 1. The minimum absolute atomic E-state index is 0.153. The van der Waals surface area contributed by atoms with Gasteiger partial charge in [0.25, 0.3) is 5.91 Å². The van der Waals surface area contributed by atoms with Crippen molar-refractivity contribution in [3.63, 3.8) is 0 Å². The predicted octanol–water partition coefficient (Wildman–Crippen LogP) is 3.35. The van der Waals surface area contributed by atoms with Gasteiger partial charge in [-0.2, -0.15) is 5.10 Å². The highest BCUT2D eigenvalue weighted by molar-refractivity contribution is 5.96. The lowest BCUT2D eigenvalue weighted by Crippen LogP contribution is -2.37. The molecule has 3 aromatic rings. The molecule has 5 rings (SSSR count). The molecule has 1 aromatic carbocycles. The lowest BCUT2D eigenvalue weighted by molar-refractivity contribution is 0.0781. The van der Waals surface area contributed by atoms with Gasteiger partial charge in [0.2, 0.25) is 0 Å². The molecule has 8 nitrogen and oxygen atoms in total. The summed E-state index contributed by atoms with van der Waals surface area (Å²) < 4.78 is 16.2. The average molecular weight is 436 g/mol. The van der Waals surface area contributed by atoms with Crippen molar-refractivity contribution in [2.75, 3.05) is 18.5 Å². The Labute approximate surface area is 186 Å². The fourth-order valence-corrected chi connectivity index (χ4v) is 4.84. The third kappa shape index (κ3) is 3.23. The van der Waals surface area contributed by atoms with Crippen molar-refractivity contribution in [3.05, 3.63) is 52.2 Å². The Kier molecular flexibility index (Phi) is 4.91. The molecular weight excluding hydrogens is 409 g/mol. The number of aromatic nitrogens is 5. The molecular formula is C23H26FN7O. The fourth-order valence-electron chi connectivity index (χ4n) is 4.84. The van der Waals surface area contributed by atoms with Crippen molar-refractivity contribution in [1.29, 1.82) is 0 Å². The van der Waals surface area contributed by atoms with Gasteiger partial charge < -0.3 is 9.80 Å². The van der Waals surface area contributed by atoms with Crippen molar-refractivity contribution in [2.24, 2.45) is 7.05 Å². The second-order valence-electron chi connectivity index (χ2n) is 8.67. The molecule has 1 saturated heterocycles. The van der Waals surface area contributed by atoms with Crippen LogP contribution in [0.1, 0.15) is 58.3 Å². The number of nitrogens with zero attached hydrogens (tertiary/aromatic N) is 7. The molecule has 4 heterocycles. The number of anilines is 1. The molecule has 2 aromatic heterocycles. The first kappa shape index (κ1) is 20.5. The summed E-state index contributed by atoms with van der Waals surface area (Å²) in [5.41, 5.74) is 4.33. The van der Waals surface area contributed by atoms with Crippen LogP contribution in [-0.2, 0) is 13.6 Å².